The van der Waals surface area contributed by atoms with Gasteiger partial charge in [-0.2, -0.15) is 4.98 Å². The Kier molecular flexibility index (Phi) is 4.97. The molecule has 9 heteroatoms. The highest BCUT2D eigenvalue weighted by atomic mass is 16.6. The average molecular weight is 453 g/mol. The minimum Gasteiger partial charge on any atom is -0.454 e. The summed E-state index contributed by atoms with van der Waals surface area (Å²) in [4.78, 5) is 36.6. The molecule has 2 aromatic rings. The quantitative estimate of drug-likeness (QED) is 0.687. The van der Waals surface area contributed by atoms with E-state index in [9.17, 15) is 14.7 Å². The molecule has 5 aliphatic rings. The fourth-order valence-electron chi connectivity index (χ4n) is 7.09. The Bertz CT molecular complexity index is 1020. The monoisotopic (exact) mass is 452 g/mol. The van der Waals surface area contributed by atoms with Crippen LogP contribution in [0.15, 0.2) is 29.0 Å². The number of aliphatic hydroxyl groups is 1. The first-order valence-corrected chi connectivity index (χ1v) is 11.9. The molecule has 1 aliphatic heterocycles. The Morgan fingerprint density at radius 3 is 2.55 bits per heavy atom. The van der Waals surface area contributed by atoms with E-state index in [4.69, 9.17) is 9.26 Å². The Labute approximate surface area is 191 Å². The molecule has 4 aliphatic carbocycles. The largest absolute Gasteiger partial charge is 0.454 e. The van der Waals surface area contributed by atoms with Crippen molar-refractivity contribution in [2.45, 2.75) is 63.7 Å². The van der Waals surface area contributed by atoms with Crippen LogP contribution in [-0.2, 0) is 20.9 Å². The Balaban J connectivity index is 1.13. The van der Waals surface area contributed by atoms with E-state index >= 15 is 0 Å². The van der Waals surface area contributed by atoms with Crippen molar-refractivity contribution >= 4 is 11.9 Å². The van der Waals surface area contributed by atoms with E-state index in [1.54, 1.807) is 23.4 Å². The number of nitrogens with zero attached hydrogens (tertiary/aromatic N) is 4. The van der Waals surface area contributed by atoms with Gasteiger partial charge in [0.2, 0.25) is 11.7 Å². The van der Waals surface area contributed by atoms with Gasteiger partial charge in [0, 0.05) is 30.9 Å². The Hall–Kier alpha value is -2.81. The number of hydrogen-bond acceptors (Lipinski definition) is 8. The lowest BCUT2D eigenvalue weighted by atomic mass is 9.49. The molecule has 33 heavy (non-hydrogen) atoms. The molecule has 9 nitrogen and oxygen atoms in total. The highest BCUT2D eigenvalue weighted by Gasteiger charge is 2.57. The van der Waals surface area contributed by atoms with Crippen molar-refractivity contribution in [3.63, 3.8) is 0 Å². The van der Waals surface area contributed by atoms with Crippen LogP contribution >= 0.6 is 0 Å². The molecule has 1 saturated heterocycles. The van der Waals surface area contributed by atoms with Crippen LogP contribution in [0, 0.1) is 23.2 Å². The summed E-state index contributed by atoms with van der Waals surface area (Å²) < 4.78 is 10.6. The van der Waals surface area contributed by atoms with Gasteiger partial charge in [0.15, 0.2) is 6.61 Å². The molecule has 0 radical (unpaired) electrons. The van der Waals surface area contributed by atoms with Gasteiger partial charge >= 0.3 is 5.97 Å². The van der Waals surface area contributed by atoms with Crippen LogP contribution in [0.1, 0.15) is 50.8 Å². The first-order valence-electron chi connectivity index (χ1n) is 11.9. The zero-order valence-electron chi connectivity index (χ0n) is 18.4. The van der Waals surface area contributed by atoms with Gasteiger partial charge < -0.3 is 19.3 Å². The standard InChI is InChI=1S/C24H28N4O5/c29-18-7-19(22(30)32-13-20-26-21(27-33-20)17-2-1-3-25-11-17)28(12-18)23(31)24-8-14-4-15(9-24)6-16(5-14)10-24/h1-3,11,14-16,18-19,29H,4-10,12-13H2/t14?,15?,16?,18?,19-,24?/m0/s1. The van der Waals surface area contributed by atoms with Gasteiger partial charge in [0.1, 0.15) is 6.04 Å². The number of β-amino-alcohol motifs (C(OH)–C–C–N with tert-alkyl or cyclic N) is 1. The number of ether oxygens (including phenoxy) is 1. The van der Waals surface area contributed by atoms with Gasteiger partial charge in [0.05, 0.1) is 11.5 Å². The summed E-state index contributed by atoms with van der Waals surface area (Å²) in [5.41, 5.74) is 0.340. The maximum atomic E-state index is 13.8. The van der Waals surface area contributed by atoms with E-state index in [0.29, 0.717) is 29.1 Å². The van der Waals surface area contributed by atoms with Gasteiger partial charge in [-0.15, -0.1) is 0 Å². The SMILES string of the molecule is O=C(OCc1nc(-c2cccnc2)no1)[C@@H]1CC(O)CN1C(=O)C12CC3CC(CC(C3)C1)C2. The van der Waals surface area contributed by atoms with Gasteiger partial charge in [-0.3, -0.25) is 9.78 Å². The second-order valence-electron chi connectivity index (χ2n) is 10.4. The van der Waals surface area contributed by atoms with Gasteiger partial charge in [-0.1, -0.05) is 5.16 Å². The lowest BCUT2D eigenvalue weighted by Gasteiger charge is -2.56. The molecule has 2 aromatic heterocycles. The maximum Gasteiger partial charge on any atom is 0.329 e. The van der Waals surface area contributed by atoms with Crippen LogP contribution in [0.3, 0.4) is 0 Å². The zero-order valence-corrected chi connectivity index (χ0v) is 18.4. The summed E-state index contributed by atoms with van der Waals surface area (Å²) in [5, 5.41) is 14.2. The predicted octanol–water partition coefficient (Wildman–Crippen LogP) is 2.35. The number of carbonyl (C=O) groups is 2. The fraction of sp³-hybridized carbons (Fsp3) is 0.625. The predicted molar refractivity (Wildman–Crippen MR) is 114 cm³/mol. The molecule has 5 fully saturated rings. The van der Waals surface area contributed by atoms with Gasteiger partial charge in [-0.25, -0.2) is 4.79 Å². The summed E-state index contributed by atoms with van der Waals surface area (Å²) in [6.07, 6.45) is 9.24. The molecule has 7 rings (SSSR count). The number of hydrogen-bond donors (Lipinski definition) is 1. The molecule has 0 spiro atoms. The van der Waals surface area contributed by atoms with Crippen LogP contribution in [0.5, 0.6) is 0 Å². The lowest BCUT2D eigenvalue weighted by molar-refractivity contribution is -0.166. The molecule has 1 amide bonds. The van der Waals surface area contributed by atoms with Crippen molar-refractivity contribution in [1.82, 2.24) is 20.0 Å². The number of pyridine rings is 1. The van der Waals surface area contributed by atoms with Crippen molar-refractivity contribution in [2.24, 2.45) is 23.2 Å². The van der Waals surface area contributed by atoms with Crippen LogP contribution in [0.25, 0.3) is 11.4 Å². The van der Waals surface area contributed by atoms with Gasteiger partial charge in [0.25, 0.3) is 5.89 Å². The fourth-order valence-corrected chi connectivity index (χ4v) is 7.09. The number of amides is 1. The van der Waals surface area contributed by atoms with E-state index in [0.717, 1.165) is 19.3 Å². The topological polar surface area (TPSA) is 119 Å². The minimum absolute atomic E-state index is 0.0387. The molecular formula is C24H28N4O5. The molecule has 2 atom stereocenters. The molecule has 4 saturated carbocycles. The van der Waals surface area contributed by atoms with Crippen LogP contribution < -0.4 is 0 Å². The van der Waals surface area contributed by atoms with Crippen molar-refractivity contribution in [3.05, 3.63) is 30.4 Å². The third-order valence-corrected chi connectivity index (χ3v) is 8.03. The number of likely N-dealkylation sites (tertiary alicyclic amines) is 1. The number of aromatic nitrogens is 3. The lowest BCUT2D eigenvalue weighted by Crippen LogP contribution is -2.56. The number of rotatable bonds is 5. The molecule has 0 aromatic carbocycles. The maximum absolute atomic E-state index is 13.8. The second-order valence-corrected chi connectivity index (χ2v) is 10.4. The first-order chi connectivity index (χ1) is 16.0. The normalized spacial score (nSPS) is 34.6. The Morgan fingerprint density at radius 2 is 1.88 bits per heavy atom. The molecular weight excluding hydrogens is 424 g/mol. The molecule has 174 valence electrons. The molecule has 1 unspecified atom stereocenters. The van der Waals surface area contributed by atoms with Crippen molar-refractivity contribution in [1.29, 1.82) is 0 Å². The average Bonchev–Trinajstić information content (AvgIpc) is 3.43. The number of carbonyl (C=O) groups excluding carboxylic acids is 2. The first kappa shape index (κ1) is 20.8. The number of aliphatic hydroxyl groups excluding tert-OH is 1. The van der Waals surface area contributed by atoms with Crippen molar-refractivity contribution in [3.8, 4) is 11.4 Å². The van der Waals surface area contributed by atoms with Crippen LogP contribution in [-0.4, -0.2) is 55.7 Å². The summed E-state index contributed by atoms with van der Waals surface area (Å²) in [6.45, 7) is 0.00412. The van der Waals surface area contributed by atoms with E-state index < -0.39 is 18.1 Å². The minimum atomic E-state index is -0.777. The highest BCUT2D eigenvalue weighted by Crippen LogP contribution is 2.60. The summed E-state index contributed by atoms with van der Waals surface area (Å²) in [7, 11) is 0. The third kappa shape index (κ3) is 3.72. The summed E-state index contributed by atoms with van der Waals surface area (Å²) >= 11 is 0. The highest BCUT2D eigenvalue weighted by molar-refractivity contribution is 5.89. The second kappa shape index (κ2) is 7.90. The summed E-state index contributed by atoms with van der Waals surface area (Å²) in [6, 6.07) is 2.80. The molecule has 3 heterocycles. The summed E-state index contributed by atoms with van der Waals surface area (Å²) in [5.74, 6) is 1.92. The zero-order chi connectivity index (χ0) is 22.6. The molecule has 4 bridgehead atoms. The van der Waals surface area contributed by atoms with E-state index in [2.05, 4.69) is 15.1 Å². The van der Waals surface area contributed by atoms with E-state index in [-0.39, 0.29) is 36.8 Å². The van der Waals surface area contributed by atoms with Gasteiger partial charge in [-0.05, 0) is 68.4 Å². The smallest absolute Gasteiger partial charge is 0.329 e. The third-order valence-electron chi connectivity index (χ3n) is 8.03. The molecule has 1 N–H and O–H groups in total. The Morgan fingerprint density at radius 1 is 1.15 bits per heavy atom. The number of esters is 1. The van der Waals surface area contributed by atoms with E-state index in [1.807, 2.05) is 6.07 Å². The van der Waals surface area contributed by atoms with Crippen molar-refractivity contribution < 1.29 is 24.0 Å². The van der Waals surface area contributed by atoms with Crippen molar-refractivity contribution in [2.75, 3.05) is 6.54 Å². The van der Waals surface area contributed by atoms with Crippen LogP contribution in [0.4, 0.5) is 0 Å². The van der Waals surface area contributed by atoms with Crippen LogP contribution in [0.2, 0.25) is 0 Å². The van der Waals surface area contributed by atoms with E-state index in [1.165, 1.54) is 19.3 Å².